The van der Waals surface area contributed by atoms with Crippen LogP contribution in [0.5, 0.6) is 5.75 Å². The summed E-state index contributed by atoms with van der Waals surface area (Å²) in [4.78, 5) is 2.70. The molecule has 1 aromatic rings. The van der Waals surface area contributed by atoms with E-state index in [1.807, 2.05) is 12.1 Å². The van der Waals surface area contributed by atoms with Crippen molar-refractivity contribution in [2.75, 3.05) is 13.2 Å². The molecule has 2 aliphatic carbocycles. The first kappa shape index (κ1) is 12.7. The lowest BCUT2D eigenvalue weighted by molar-refractivity contribution is -0.103. The highest BCUT2D eigenvalue weighted by atomic mass is 16.5. The first-order valence-corrected chi connectivity index (χ1v) is 8.02. The Balaban J connectivity index is 1.62. The zero-order chi connectivity index (χ0) is 13.5. The van der Waals surface area contributed by atoms with Crippen LogP contribution in [0.4, 0.5) is 0 Å². The lowest BCUT2D eigenvalue weighted by atomic mass is 9.88. The quantitative estimate of drug-likeness (QED) is 0.853. The molecule has 0 radical (unpaired) electrons. The second-order valence-electron chi connectivity index (χ2n) is 6.44. The van der Waals surface area contributed by atoms with Crippen molar-refractivity contribution in [3.8, 4) is 5.75 Å². The largest absolute Gasteiger partial charge is 0.508 e. The molecule has 3 atom stereocenters. The van der Waals surface area contributed by atoms with Gasteiger partial charge >= 0.3 is 0 Å². The predicted molar refractivity (Wildman–Crippen MR) is 77.9 cm³/mol. The number of phenols is 1. The number of hydrogen-bond acceptors (Lipinski definition) is 3. The third-order valence-corrected chi connectivity index (χ3v) is 5.35. The number of aryl methyl sites for hydroxylation is 1. The summed E-state index contributed by atoms with van der Waals surface area (Å²) >= 11 is 0. The Bertz CT molecular complexity index is 500. The number of ether oxygens (including phenoxy) is 1. The molecule has 1 aromatic carbocycles. The summed E-state index contributed by atoms with van der Waals surface area (Å²) in [5.74, 6) is 0.405. The number of phenolic OH excluding ortho intramolecular Hbond substituents is 1. The summed E-state index contributed by atoms with van der Waals surface area (Å²) in [5, 5.41) is 9.65. The molecule has 0 bridgehead atoms. The van der Waals surface area contributed by atoms with E-state index in [1.165, 1.54) is 43.2 Å². The fourth-order valence-electron chi connectivity index (χ4n) is 4.44. The maximum atomic E-state index is 9.65. The van der Waals surface area contributed by atoms with Crippen molar-refractivity contribution in [1.82, 2.24) is 4.90 Å². The highest BCUT2D eigenvalue weighted by Gasteiger charge is 2.39. The Morgan fingerprint density at radius 1 is 1.15 bits per heavy atom. The van der Waals surface area contributed by atoms with E-state index >= 15 is 0 Å². The van der Waals surface area contributed by atoms with Crippen molar-refractivity contribution < 1.29 is 9.84 Å². The molecule has 0 spiro atoms. The number of aromatic hydroxyl groups is 1. The second-order valence-corrected chi connectivity index (χ2v) is 6.44. The molecule has 1 saturated carbocycles. The molecule has 0 amide bonds. The van der Waals surface area contributed by atoms with E-state index in [1.54, 1.807) is 0 Å². The molecule has 4 rings (SSSR count). The third kappa shape index (κ3) is 2.04. The maximum absolute atomic E-state index is 9.65. The van der Waals surface area contributed by atoms with Crippen LogP contribution < -0.4 is 0 Å². The van der Waals surface area contributed by atoms with Crippen LogP contribution in [0.25, 0.3) is 0 Å². The average Bonchev–Trinajstić information content (AvgIpc) is 2.89. The summed E-state index contributed by atoms with van der Waals surface area (Å²) in [5.41, 5.74) is 2.78. The minimum atomic E-state index is 0.405. The van der Waals surface area contributed by atoms with Gasteiger partial charge in [0, 0.05) is 18.6 Å². The van der Waals surface area contributed by atoms with E-state index in [2.05, 4.69) is 11.0 Å². The van der Waals surface area contributed by atoms with Gasteiger partial charge in [-0.05, 0) is 48.9 Å². The Kier molecular flexibility index (Phi) is 3.20. The van der Waals surface area contributed by atoms with E-state index in [-0.39, 0.29) is 0 Å². The van der Waals surface area contributed by atoms with Crippen LogP contribution in [0.2, 0.25) is 0 Å². The highest BCUT2D eigenvalue weighted by molar-refractivity contribution is 5.40. The van der Waals surface area contributed by atoms with Crippen LogP contribution >= 0.6 is 0 Å². The number of benzene rings is 1. The fraction of sp³-hybridized carbons (Fsp3) is 0.647. The Hall–Kier alpha value is -1.06. The molecule has 2 fully saturated rings. The van der Waals surface area contributed by atoms with Crippen LogP contribution in [0, 0.1) is 0 Å². The molecule has 3 aliphatic rings. The standard InChI is InChI=1S/C17H23NO2/c19-13-6-7-14-12(11-13)5-8-15(14)18-9-10-20-17-4-2-1-3-16(17)18/h6-7,11,15-17,19H,1-5,8-10H2. The zero-order valence-electron chi connectivity index (χ0n) is 11.9. The first-order chi connectivity index (χ1) is 9.83. The zero-order valence-corrected chi connectivity index (χ0v) is 11.9. The molecule has 3 nitrogen and oxygen atoms in total. The third-order valence-electron chi connectivity index (χ3n) is 5.35. The van der Waals surface area contributed by atoms with Crippen molar-refractivity contribution in [3.63, 3.8) is 0 Å². The van der Waals surface area contributed by atoms with E-state index in [9.17, 15) is 5.11 Å². The van der Waals surface area contributed by atoms with Gasteiger partial charge in [0.1, 0.15) is 5.75 Å². The van der Waals surface area contributed by atoms with Crippen molar-refractivity contribution >= 4 is 0 Å². The van der Waals surface area contributed by atoms with Gasteiger partial charge in [0.2, 0.25) is 0 Å². The van der Waals surface area contributed by atoms with Crippen LogP contribution in [0.1, 0.15) is 49.3 Å². The molecule has 1 aliphatic heterocycles. The van der Waals surface area contributed by atoms with Crippen molar-refractivity contribution in [3.05, 3.63) is 29.3 Å². The smallest absolute Gasteiger partial charge is 0.115 e. The molecule has 1 saturated heterocycles. The fourth-order valence-corrected chi connectivity index (χ4v) is 4.44. The Morgan fingerprint density at radius 2 is 2.05 bits per heavy atom. The normalized spacial score (nSPS) is 33.7. The van der Waals surface area contributed by atoms with Crippen LogP contribution in [0.15, 0.2) is 18.2 Å². The number of nitrogens with zero attached hydrogens (tertiary/aromatic N) is 1. The summed E-state index contributed by atoms with van der Waals surface area (Å²) < 4.78 is 6.00. The van der Waals surface area contributed by atoms with Gasteiger partial charge in [-0.25, -0.2) is 0 Å². The van der Waals surface area contributed by atoms with Crippen LogP contribution in [-0.2, 0) is 11.2 Å². The molecule has 108 valence electrons. The molecule has 3 heteroatoms. The number of fused-ring (bicyclic) bond motifs is 2. The lowest BCUT2D eigenvalue weighted by Crippen LogP contribution is -2.53. The van der Waals surface area contributed by atoms with Gasteiger partial charge in [0.15, 0.2) is 0 Å². The first-order valence-electron chi connectivity index (χ1n) is 8.02. The SMILES string of the molecule is Oc1ccc2c(c1)CCC2N1CCOC2CCCCC21. The number of morpholine rings is 1. The van der Waals surface area contributed by atoms with E-state index in [0.29, 0.717) is 23.9 Å². The van der Waals surface area contributed by atoms with E-state index in [4.69, 9.17) is 4.74 Å². The van der Waals surface area contributed by atoms with Gasteiger partial charge < -0.3 is 9.84 Å². The summed E-state index contributed by atoms with van der Waals surface area (Å²) in [6, 6.07) is 7.09. The molecule has 3 unspecified atom stereocenters. The molecule has 0 aromatic heterocycles. The summed E-state index contributed by atoms with van der Waals surface area (Å²) in [6.45, 7) is 1.94. The molecule has 20 heavy (non-hydrogen) atoms. The van der Waals surface area contributed by atoms with Gasteiger partial charge in [0.25, 0.3) is 0 Å². The van der Waals surface area contributed by atoms with Gasteiger partial charge in [-0.2, -0.15) is 0 Å². The highest BCUT2D eigenvalue weighted by Crippen LogP contribution is 2.41. The minimum absolute atomic E-state index is 0.405. The summed E-state index contributed by atoms with van der Waals surface area (Å²) in [7, 11) is 0. The maximum Gasteiger partial charge on any atom is 0.115 e. The molecular formula is C17H23NO2. The van der Waals surface area contributed by atoms with Gasteiger partial charge in [0.05, 0.1) is 12.7 Å². The molecular weight excluding hydrogens is 250 g/mol. The minimum Gasteiger partial charge on any atom is -0.508 e. The van der Waals surface area contributed by atoms with Crippen molar-refractivity contribution in [2.45, 2.75) is 56.7 Å². The van der Waals surface area contributed by atoms with Crippen molar-refractivity contribution in [1.29, 1.82) is 0 Å². The van der Waals surface area contributed by atoms with Crippen LogP contribution in [0.3, 0.4) is 0 Å². The van der Waals surface area contributed by atoms with E-state index in [0.717, 1.165) is 19.6 Å². The van der Waals surface area contributed by atoms with Crippen molar-refractivity contribution in [2.24, 2.45) is 0 Å². The van der Waals surface area contributed by atoms with Gasteiger partial charge in [-0.1, -0.05) is 18.9 Å². The van der Waals surface area contributed by atoms with Gasteiger partial charge in [-0.3, -0.25) is 4.90 Å². The topological polar surface area (TPSA) is 32.7 Å². The Morgan fingerprint density at radius 3 is 3.00 bits per heavy atom. The summed E-state index contributed by atoms with van der Waals surface area (Å²) in [6.07, 6.45) is 7.94. The van der Waals surface area contributed by atoms with E-state index < -0.39 is 0 Å². The van der Waals surface area contributed by atoms with Gasteiger partial charge in [-0.15, -0.1) is 0 Å². The second kappa shape index (κ2) is 5.05. The predicted octanol–water partition coefficient (Wildman–Crippen LogP) is 3.02. The number of hydrogen-bond donors (Lipinski definition) is 1. The number of rotatable bonds is 1. The van der Waals surface area contributed by atoms with Crippen LogP contribution in [-0.4, -0.2) is 35.3 Å². The monoisotopic (exact) mass is 273 g/mol. The molecule has 1 N–H and O–H groups in total. The average molecular weight is 273 g/mol. The molecule has 1 heterocycles. The Labute approximate surface area is 120 Å². The lowest BCUT2D eigenvalue weighted by Gasteiger charge is -2.46.